The van der Waals surface area contributed by atoms with E-state index in [2.05, 4.69) is 61.6 Å². The molecule has 0 saturated heterocycles. The van der Waals surface area contributed by atoms with Crippen LogP contribution in [-0.2, 0) is 0 Å². The minimum atomic E-state index is 0. The molecule has 0 amide bonds. The summed E-state index contributed by atoms with van der Waals surface area (Å²) in [5.41, 5.74) is 1.10. The van der Waals surface area contributed by atoms with Gasteiger partial charge in [-0.05, 0) is 10.8 Å². The second kappa shape index (κ2) is 5.26. The van der Waals surface area contributed by atoms with Gasteiger partial charge in [0, 0.05) is 0 Å². The van der Waals surface area contributed by atoms with Gasteiger partial charge in [0.1, 0.15) is 0 Å². The van der Waals surface area contributed by atoms with Crippen LogP contribution in [0.3, 0.4) is 0 Å². The van der Waals surface area contributed by atoms with Crippen molar-refractivity contribution in [1.29, 1.82) is 0 Å². The summed E-state index contributed by atoms with van der Waals surface area (Å²) in [7, 11) is 0. The predicted octanol–water partition coefficient (Wildman–Crippen LogP) is 1.26. The van der Waals surface area contributed by atoms with E-state index in [1.54, 1.807) is 0 Å². The van der Waals surface area contributed by atoms with Crippen LogP contribution in [0.2, 0.25) is 0 Å². The van der Waals surface area contributed by atoms with E-state index in [0.717, 1.165) is 5.69 Å². The molecule has 2 aromatic rings. The zero-order chi connectivity index (χ0) is 9.97. The molecule has 0 N–H and O–H groups in total. The Morgan fingerprint density at radius 2 is 1.60 bits per heavy atom. The molecule has 0 aliphatic carbocycles. The number of hydrogen-bond donors (Lipinski definition) is 0. The Hall–Kier alpha value is -0.903. The van der Waals surface area contributed by atoms with Crippen LogP contribution in [-0.4, -0.2) is 6.04 Å². The summed E-state index contributed by atoms with van der Waals surface area (Å²) in [5.74, 6) is 0. The molecule has 0 bridgehead atoms. The largest absolute Gasteiger partial charge is 1.00 e. The quantitative estimate of drug-likeness (QED) is 0.634. The zero-order valence-electron chi connectivity index (χ0n) is 9.57. The van der Waals surface area contributed by atoms with Gasteiger partial charge in [-0.1, -0.05) is 56.3 Å². The Bertz CT molecular complexity index is 432. The number of nitrogens with zero attached hydrogens (tertiary/aromatic N) is 1. The normalized spacial score (nSPS) is 10.1. The third-order valence-corrected chi connectivity index (χ3v) is 2.16. The van der Waals surface area contributed by atoms with Gasteiger partial charge >= 0.3 is 18.9 Å². The third kappa shape index (κ3) is 2.78. The third-order valence-electron chi connectivity index (χ3n) is 2.16. The number of hydrogen-bond acceptors (Lipinski definition) is 0. The standard InChI is InChI=1S/C13H14N.Li/c1-10(2)14-13-9-5-7-11-6-3-4-8-12(11)13;/h3-10H,1-2H3;/q-1;+1. The van der Waals surface area contributed by atoms with Crippen molar-refractivity contribution in [3.8, 4) is 0 Å². The Morgan fingerprint density at radius 3 is 2.33 bits per heavy atom. The van der Waals surface area contributed by atoms with E-state index in [1.807, 2.05) is 0 Å². The van der Waals surface area contributed by atoms with Crippen LogP contribution in [0, 0.1) is 0 Å². The fraction of sp³-hybridized carbons (Fsp3) is 0.231. The maximum atomic E-state index is 4.59. The van der Waals surface area contributed by atoms with E-state index in [4.69, 9.17) is 0 Å². The van der Waals surface area contributed by atoms with Crippen molar-refractivity contribution in [2.24, 2.45) is 0 Å². The van der Waals surface area contributed by atoms with Gasteiger partial charge in [-0.15, -0.1) is 11.7 Å². The summed E-state index contributed by atoms with van der Waals surface area (Å²) < 4.78 is 0. The maximum absolute atomic E-state index is 4.59. The van der Waals surface area contributed by atoms with Crippen LogP contribution in [0.1, 0.15) is 13.8 Å². The molecule has 2 aromatic carbocycles. The minimum Gasteiger partial charge on any atom is -0.682 e. The van der Waals surface area contributed by atoms with Gasteiger partial charge in [-0.25, -0.2) is 0 Å². The van der Waals surface area contributed by atoms with E-state index in [-0.39, 0.29) is 18.9 Å². The van der Waals surface area contributed by atoms with Crippen LogP contribution in [0.15, 0.2) is 42.5 Å². The molecule has 0 aliphatic heterocycles. The molecule has 0 saturated carbocycles. The first-order valence-electron chi connectivity index (χ1n) is 4.96. The summed E-state index contributed by atoms with van der Waals surface area (Å²) in [5, 5.41) is 7.09. The molecule has 0 aliphatic rings. The number of rotatable bonds is 2. The smallest absolute Gasteiger partial charge is 0.682 e. The van der Waals surface area contributed by atoms with Gasteiger partial charge in [0.25, 0.3) is 0 Å². The molecule has 1 nitrogen and oxygen atoms in total. The number of benzene rings is 2. The molecule has 2 rings (SSSR count). The molecule has 72 valence electrons. The molecule has 15 heavy (non-hydrogen) atoms. The number of fused-ring (bicyclic) bond motifs is 1. The van der Waals surface area contributed by atoms with Gasteiger partial charge in [-0.3, -0.25) is 0 Å². The Balaban J connectivity index is 0.00000112. The van der Waals surface area contributed by atoms with Crippen LogP contribution in [0.25, 0.3) is 16.1 Å². The molecule has 0 atom stereocenters. The Labute approximate surface area is 103 Å². The predicted molar refractivity (Wildman–Crippen MR) is 62.1 cm³/mol. The average molecular weight is 191 g/mol. The summed E-state index contributed by atoms with van der Waals surface area (Å²) in [6.07, 6.45) is 0. The van der Waals surface area contributed by atoms with Gasteiger partial charge in [-0.2, -0.15) is 0 Å². The van der Waals surface area contributed by atoms with Crippen molar-refractivity contribution in [3.63, 3.8) is 0 Å². The van der Waals surface area contributed by atoms with Gasteiger partial charge < -0.3 is 5.32 Å². The Morgan fingerprint density at radius 1 is 0.933 bits per heavy atom. The molecule has 0 unspecified atom stereocenters. The first-order chi connectivity index (χ1) is 6.77. The molecule has 0 spiro atoms. The van der Waals surface area contributed by atoms with E-state index in [9.17, 15) is 0 Å². The van der Waals surface area contributed by atoms with Crippen molar-refractivity contribution in [3.05, 3.63) is 47.8 Å². The second-order valence-corrected chi connectivity index (χ2v) is 3.72. The van der Waals surface area contributed by atoms with Crippen LogP contribution < -0.4 is 18.9 Å². The monoisotopic (exact) mass is 191 g/mol. The van der Waals surface area contributed by atoms with E-state index < -0.39 is 0 Å². The summed E-state index contributed by atoms with van der Waals surface area (Å²) in [6, 6.07) is 15.0. The molecule has 0 fully saturated rings. The van der Waals surface area contributed by atoms with E-state index in [1.165, 1.54) is 10.8 Å². The fourth-order valence-electron chi connectivity index (χ4n) is 1.60. The Kier molecular flexibility index (Phi) is 4.26. The van der Waals surface area contributed by atoms with E-state index in [0.29, 0.717) is 6.04 Å². The van der Waals surface area contributed by atoms with Crippen molar-refractivity contribution < 1.29 is 18.9 Å². The van der Waals surface area contributed by atoms with Gasteiger partial charge in [0.05, 0.1) is 0 Å². The average Bonchev–Trinajstić information content (AvgIpc) is 2.18. The molecule has 0 radical (unpaired) electrons. The first kappa shape index (κ1) is 12.2. The summed E-state index contributed by atoms with van der Waals surface area (Å²) in [6.45, 7) is 4.20. The van der Waals surface area contributed by atoms with Crippen molar-refractivity contribution in [2.45, 2.75) is 19.9 Å². The second-order valence-electron chi connectivity index (χ2n) is 3.72. The van der Waals surface area contributed by atoms with Crippen molar-refractivity contribution >= 4 is 16.5 Å². The first-order valence-corrected chi connectivity index (χ1v) is 4.96. The van der Waals surface area contributed by atoms with Crippen molar-refractivity contribution in [2.75, 3.05) is 0 Å². The molecular weight excluding hydrogens is 177 g/mol. The van der Waals surface area contributed by atoms with Crippen LogP contribution in [0.4, 0.5) is 5.69 Å². The van der Waals surface area contributed by atoms with E-state index >= 15 is 0 Å². The van der Waals surface area contributed by atoms with Gasteiger partial charge in [0.2, 0.25) is 0 Å². The van der Waals surface area contributed by atoms with Crippen LogP contribution >= 0.6 is 0 Å². The summed E-state index contributed by atoms with van der Waals surface area (Å²) >= 11 is 0. The zero-order valence-corrected chi connectivity index (χ0v) is 9.57. The summed E-state index contributed by atoms with van der Waals surface area (Å²) in [4.78, 5) is 0. The minimum absolute atomic E-state index is 0. The maximum Gasteiger partial charge on any atom is 1.00 e. The molecule has 2 heteroatoms. The molecule has 0 heterocycles. The fourth-order valence-corrected chi connectivity index (χ4v) is 1.60. The molecule has 0 aromatic heterocycles. The topological polar surface area (TPSA) is 14.1 Å². The molecular formula is C13H14LiN. The van der Waals surface area contributed by atoms with Crippen LogP contribution in [0.5, 0.6) is 0 Å². The SMILES string of the molecule is CC(C)[N-]c1cccc2ccccc12.[Li+]. The van der Waals surface area contributed by atoms with Gasteiger partial charge in [0.15, 0.2) is 0 Å². The van der Waals surface area contributed by atoms with Crippen molar-refractivity contribution in [1.82, 2.24) is 0 Å².